The third-order valence-corrected chi connectivity index (χ3v) is 6.18. The second-order valence-corrected chi connectivity index (χ2v) is 7.74. The highest BCUT2D eigenvalue weighted by molar-refractivity contribution is 6.05. The van der Waals surface area contributed by atoms with Crippen LogP contribution in [-0.2, 0) is 0 Å². The van der Waals surface area contributed by atoms with Gasteiger partial charge in [0.25, 0.3) is 0 Å². The lowest BCUT2D eigenvalue weighted by Crippen LogP contribution is -2.20. The van der Waals surface area contributed by atoms with Gasteiger partial charge in [-0.05, 0) is 55.2 Å². The normalized spacial score (nSPS) is 21.3. The molecule has 2 aromatic rings. The second-order valence-electron chi connectivity index (χ2n) is 7.74. The van der Waals surface area contributed by atoms with Gasteiger partial charge in [-0.3, -0.25) is 0 Å². The predicted molar refractivity (Wildman–Crippen MR) is 108 cm³/mol. The van der Waals surface area contributed by atoms with Gasteiger partial charge in [-0.25, -0.2) is 0 Å². The van der Waals surface area contributed by atoms with Crippen LogP contribution in [0.4, 0.5) is 0 Å². The Morgan fingerprint density at radius 1 is 0.960 bits per heavy atom. The number of benzene rings is 2. The summed E-state index contributed by atoms with van der Waals surface area (Å²) in [6, 6.07) is 13.2. The molecule has 25 heavy (non-hydrogen) atoms. The molecule has 1 N–H and O–H groups in total. The van der Waals surface area contributed by atoms with Crippen molar-refractivity contribution >= 4 is 16.5 Å². The van der Waals surface area contributed by atoms with E-state index in [4.69, 9.17) is 5.41 Å². The molecular weight excluding hydrogens is 302 g/mol. The Balaban J connectivity index is 1.84. The van der Waals surface area contributed by atoms with Gasteiger partial charge >= 0.3 is 0 Å². The van der Waals surface area contributed by atoms with Gasteiger partial charge in [0.05, 0.1) is 0 Å². The lowest BCUT2D eigenvalue weighted by Gasteiger charge is -2.26. The topological polar surface area (TPSA) is 23.9 Å². The Labute approximate surface area is 151 Å². The maximum atomic E-state index is 8.98. The van der Waals surface area contributed by atoms with Crippen LogP contribution in [0.2, 0.25) is 0 Å². The quantitative estimate of drug-likeness (QED) is 0.600. The van der Waals surface area contributed by atoms with Crippen molar-refractivity contribution in [3.05, 3.63) is 70.8 Å². The van der Waals surface area contributed by atoms with E-state index in [9.17, 15) is 0 Å². The van der Waals surface area contributed by atoms with Crippen molar-refractivity contribution in [2.75, 3.05) is 0 Å². The van der Waals surface area contributed by atoms with Gasteiger partial charge in [-0.1, -0.05) is 66.8 Å². The van der Waals surface area contributed by atoms with Crippen LogP contribution in [-0.4, -0.2) is 5.71 Å². The van der Waals surface area contributed by atoms with E-state index < -0.39 is 0 Å². The minimum Gasteiger partial charge on any atom is -0.304 e. The number of allylic oxidation sites excluding steroid dienone is 4. The lowest BCUT2D eigenvalue weighted by atomic mass is 9.79. The monoisotopic (exact) mass is 329 g/mol. The molecular formula is C24H27N. The summed E-state index contributed by atoms with van der Waals surface area (Å²) in [6.45, 7) is 4.43. The van der Waals surface area contributed by atoms with Gasteiger partial charge in [0.2, 0.25) is 0 Å². The fraction of sp³-hybridized carbons (Fsp3) is 0.375. The minimum atomic E-state index is 0.323. The largest absolute Gasteiger partial charge is 0.304 e. The smallest absolute Gasteiger partial charge is 0.0420 e. The van der Waals surface area contributed by atoms with Crippen molar-refractivity contribution in [2.24, 2.45) is 5.92 Å². The zero-order valence-electron chi connectivity index (χ0n) is 15.3. The first-order valence-corrected chi connectivity index (χ1v) is 9.62. The Morgan fingerprint density at radius 3 is 2.28 bits per heavy atom. The molecule has 4 rings (SSSR count). The fourth-order valence-corrected chi connectivity index (χ4v) is 4.46. The number of nitrogens with one attached hydrogen (secondary N) is 1. The van der Waals surface area contributed by atoms with E-state index in [-0.39, 0.29) is 0 Å². The zero-order chi connectivity index (χ0) is 17.4. The van der Waals surface area contributed by atoms with Crippen LogP contribution in [0.5, 0.6) is 0 Å². The number of hydrogen-bond donors (Lipinski definition) is 1. The van der Waals surface area contributed by atoms with Crippen LogP contribution in [0.25, 0.3) is 10.8 Å². The highest BCUT2D eigenvalue weighted by Gasteiger charge is 2.26. The molecule has 0 aliphatic heterocycles. The molecule has 0 amide bonds. The van der Waals surface area contributed by atoms with E-state index in [0.29, 0.717) is 11.8 Å². The first kappa shape index (κ1) is 16.3. The zero-order valence-corrected chi connectivity index (χ0v) is 15.3. The molecule has 0 saturated heterocycles. The summed E-state index contributed by atoms with van der Waals surface area (Å²) >= 11 is 0. The molecule has 1 fully saturated rings. The first-order valence-electron chi connectivity index (χ1n) is 9.62. The average molecular weight is 329 g/mol. The summed E-state index contributed by atoms with van der Waals surface area (Å²) in [7, 11) is 0. The third kappa shape index (κ3) is 2.97. The van der Waals surface area contributed by atoms with E-state index in [1.54, 1.807) is 0 Å². The van der Waals surface area contributed by atoms with Crippen molar-refractivity contribution in [3.63, 3.8) is 0 Å². The Kier molecular flexibility index (Phi) is 4.33. The van der Waals surface area contributed by atoms with Crippen LogP contribution in [0.1, 0.15) is 63.0 Å². The molecule has 2 aliphatic rings. The van der Waals surface area contributed by atoms with Crippen LogP contribution in [0.15, 0.2) is 59.7 Å². The van der Waals surface area contributed by atoms with E-state index in [1.165, 1.54) is 65.1 Å². The van der Waals surface area contributed by atoms with Crippen LogP contribution in [0, 0.1) is 11.3 Å². The average Bonchev–Trinajstić information content (AvgIpc) is 2.99. The van der Waals surface area contributed by atoms with E-state index in [2.05, 4.69) is 62.4 Å². The van der Waals surface area contributed by atoms with Crippen molar-refractivity contribution in [1.82, 2.24) is 0 Å². The van der Waals surface area contributed by atoms with Gasteiger partial charge in [0.15, 0.2) is 0 Å². The highest BCUT2D eigenvalue weighted by atomic mass is 14.5. The summed E-state index contributed by atoms with van der Waals surface area (Å²) in [4.78, 5) is 0. The number of fused-ring (bicyclic) bond motifs is 1. The Hall–Kier alpha value is -2.15. The van der Waals surface area contributed by atoms with Crippen molar-refractivity contribution < 1.29 is 0 Å². The summed E-state index contributed by atoms with van der Waals surface area (Å²) in [5, 5.41) is 11.5. The van der Waals surface area contributed by atoms with Gasteiger partial charge in [-0.15, -0.1) is 0 Å². The van der Waals surface area contributed by atoms with Crippen LogP contribution < -0.4 is 0 Å². The molecule has 1 unspecified atom stereocenters. The van der Waals surface area contributed by atoms with E-state index in [1.807, 2.05) is 0 Å². The molecule has 0 bridgehead atoms. The summed E-state index contributed by atoms with van der Waals surface area (Å²) < 4.78 is 0. The molecule has 0 heterocycles. The van der Waals surface area contributed by atoms with Gasteiger partial charge in [0, 0.05) is 23.1 Å². The summed E-state index contributed by atoms with van der Waals surface area (Å²) in [5.74, 6) is 0.757. The molecule has 1 saturated carbocycles. The maximum absolute atomic E-state index is 8.98. The Morgan fingerprint density at radius 2 is 1.64 bits per heavy atom. The highest BCUT2D eigenvalue weighted by Crippen LogP contribution is 2.39. The van der Waals surface area contributed by atoms with E-state index >= 15 is 0 Å². The molecule has 0 spiro atoms. The lowest BCUT2D eigenvalue weighted by molar-refractivity contribution is 0.438. The van der Waals surface area contributed by atoms with Crippen LogP contribution >= 0.6 is 0 Å². The van der Waals surface area contributed by atoms with Crippen molar-refractivity contribution in [2.45, 2.75) is 51.9 Å². The first-order chi connectivity index (χ1) is 12.1. The Bertz CT molecular complexity index is 878. The van der Waals surface area contributed by atoms with Gasteiger partial charge < -0.3 is 5.41 Å². The molecule has 128 valence electrons. The van der Waals surface area contributed by atoms with Gasteiger partial charge in [-0.2, -0.15) is 0 Å². The van der Waals surface area contributed by atoms with Crippen LogP contribution in [0.3, 0.4) is 0 Å². The molecule has 1 heteroatoms. The molecule has 2 aliphatic carbocycles. The number of rotatable bonds is 3. The maximum Gasteiger partial charge on any atom is 0.0420 e. The standard InChI is InChI=1S/C24H27N/c1-16-12-13-21(17(16)2)22-14-19-10-6-7-11-20(19)15-23(22)24(25)18-8-4-3-5-9-18/h6-7,10-15,18,21,25H,3-5,8-9H2,1-2H3. The SMILES string of the molecule is CC1=C(C)C(c2cc3ccccc3cc2C(=N)C2CCCCC2)C=C1. The fourth-order valence-electron chi connectivity index (χ4n) is 4.46. The summed E-state index contributed by atoms with van der Waals surface area (Å²) in [6.07, 6.45) is 10.8. The second kappa shape index (κ2) is 6.63. The third-order valence-electron chi connectivity index (χ3n) is 6.18. The summed E-state index contributed by atoms with van der Waals surface area (Å²) in [5.41, 5.74) is 6.15. The minimum absolute atomic E-state index is 0.323. The van der Waals surface area contributed by atoms with Crippen molar-refractivity contribution in [1.29, 1.82) is 5.41 Å². The van der Waals surface area contributed by atoms with E-state index in [0.717, 1.165) is 5.71 Å². The molecule has 0 radical (unpaired) electrons. The molecule has 1 atom stereocenters. The predicted octanol–water partition coefficient (Wildman–Crippen LogP) is 6.78. The number of hydrogen-bond acceptors (Lipinski definition) is 1. The van der Waals surface area contributed by atoms with Gasteiger partial charge in [0.1, 0.15) is 0 Å². The molecule has 2 aromatic carbocycles. The molecule has 0 aromatic heterocycles. The molecule has 1 nitrogen and oxygen atoms in total. The van der Waals surface area contributed by atoms with Crippen molar-refractivity contribution in [3.8, 4) is 0 Å².